The average Bonchev–Trinajstić information content (AvgIpc) is 2.82. The van der Waals surface area contributed by atoms with E-state index in [2.05, 4.69) is 15.8 Å². The number of nitrogens with zero attached hydrogens (tertiary/aromatic N) is 1. The fourth-order valence-electron chi connectivity index (χ4n) is 3.62. The van der Waals surface area contributed by atoms with E-state index in [0.717, 1.165) is 16.5 Å². The highest BCUT2D eigenvalue weighted by atomic mass is 16.3. The fourth-order valence-corrected chi connectivity index (χ4v) is 3.62. The van der Waals surface area contributed by atoms with E-state index in [1.165, 1.54) is 6.07 Å². The number of hydrogen-bond donors (Lipinski definition) is 3. The Morgan fingerprint density at radius 3 is 2.33 bits per heavy atom. The fraction of sp³-hybridized carbons (Fsp3) is 0.310. The van der Waals surface area contributed by atoms with Crippen molar-refractivity contribution in [3.8, 4) is 5.75 Å². The van der Waals surface area contributed by atoms with Gasteiger partial charge in [0.25, 0.3) is 5.91 Å². The van der Waals surface area contributed by atoms with Gasteiger partial charge in [0.15, 0.2) is 0 Å². The van der Waals surface area contributed by atoms with E-state index in [1.807, 2.05) is 65.0 Å². The lowest BCUT2D eigenvalue weighted by atomic mass is 9.87. The summed E-state index contributed by atoms with van der Waals surface area (Å²) >= 11 is 0. The maximum Gasteiger partial charge on any atom is 0.275 e. The number of aryl methyl sites for hydroxylation is 2. The molecule has 0 spiro atoms. The van der Waals surface area contributed by atoms with Crippen molar-refractivity contribution in [3.63, 3.8) is 0 Å². The van der Waals surface area contributed by atoms with Crippen LogP contribution in [0.2, 0.25) is 0 Å². The summed E-state index contributed by atoms with van der Waals surface area (Å²) in [6.07, 6.45) is 0.293. The standard InChI is InChI=1S/C29H33N3O4/c1-18-10-12-21(16-19(18)2)30-26(35)15-13-22(17-25(34)29(3,4)5)31-32-28(36)27-23-9-7-6-8-20(23)11-14-24(27)33/h6-12,14,16,33H,13,15,17H2,1-5H3,(H,30,35)(H,32,36)/b31-22-. The molecule has 3 N–H and O–H groups in total. The number of carbonyl (C=O) groups is 3. The third kappa shape index (κ3) is 6.78. The Hall–Kier alpha value is -4.00. The molecular weight excluding hydrogens is 454 g/mol. The Labute approximate surface area is 211 Å². The van der Waals surface area contributed by atoms with Crippen molar-refractivity contribution in [1.29, 1.82) is 0 Å². The zero-order valence-electron chi connectivity index (χ0n) is 21.4. The molecule has 0 bridgehead atoms. The monoisotopic (exact) mass is 487 g/mol. The zero-order valence-corrected chi connectivity index (χ0v) is 21.4. The molecule has 3 rings (SSSR count). The minimum absolute atomic E-state index is 0.00220. The number of phenolic OH excluding ortho intramolecular Hbond substituents is 1. The van der Waals surface area contributed by atoms with E-state index in [9.17, 15) is 19.5 Å². The van der Waals surface area contributed by atoms with Crippen molar-refractivity contribution in [3.05, 3.63) is 71.3 Å². The molecule has 0 unspecified atom stereocenters. The van der Waals surface area contributed by atoms with Crippen LogP contribution in [-0.4, -0.2) is 28.4 Å². The molecule has 7 nitrogen and oxygen atoms in total. The Kier molecular flexibility index (Phi) is 8.25. The van der Waals surface area contributed by atoms with Gasteiger partial charge in [-0.3, -0.25) is 14.4 Å². The highest BCUT2D eigenvalue weighted by Crippen LogP contribution is 2.27. The number of fused-ring (bicyclic) bond motifs is 1. The van der Waals surface area contributed by atoms with Crippen LogP contribution in [0.25, 0.3) is 10.8 Å². The van der Waals surface area contributed by atoms with Crippen molar-refractivity contribution in [2.45, 2.75) is 53.9 Å². The number of carbonyl (C=O) groups excluding carboxylic acids is 3. The van der Waals surface area contributed by atoms with Gasteiger partial charge in [-0.15, -0.1) is 0 Å². The lowest BCUT2D eigenvalue weighted by Gasteiger charge is -2.17. The van der Waals surface area contributed by atoms with Crippen LogP contribution in [0.4, 0.5) is 5.69 Å². The molecule has 7 heteroatoms. The van der Waals surface area contributed by atoms with Crippen molar-refractivity contribution in [2.24, 2.45) is 10.5 Å². The first-order valence-corrected chi connectivity index (χ1v) is 11.9. The first kappa shape index (κ1) is 26.6. The molecule has 0 aliphatic heterocycles. The zero-order chi connectivity index (χ0) is 26.5. The topological polar surface area (TPSA) is 108 Å². The smallest absolute Gasteiger partial charge is 0.275 e. The van der Waals surface area contributed by atoms with Gasteiger partial charge in [-0.25, -0.2) is 5.43 Å². The van der Waals surface area contributed by atoms with Crippen molar-refractivity contribution in [1.82, 2.24) is 5.43 Å². The van der Waals surface area contributed by atoms with E-state index in [1.54, 1.807) is 18.2 Å². The largest absolute Gasteiger partial charge is 0.507 e. The van der Waals surface area contributed by atoms with E-state index in [-0.39, 0.29) is 42.3 Å². The van der Waals surface area contributed by atoms with Gasteiger partial charge in [0.05, 0.1) is 5.56 Å². The summed E-state index contributed by atoms with van der Waals surface area (Å²) in [7, 11) is 0. The molecule has 0 saturated carbocycles. The SMILES string of the molecule is Cc1ccc(NC(=O)CC/C(CC(=O)C(C)(C)C)=N/NC(=O)c2c(O)ccc3ccccc23)cc1C. The summed E-state index contributed by atoms with van der Waals surface area (Å²) in [4.78, 5) is 38.2. The molecule has 0 aliphatic carbocycles. The summed E-state index contributed by atoms with van der Waals surface area (Å²) in [6.45, 7) is 9.41. The predicted molar refractivity (Wildman–Crippen MR) is 143 cm³/mol. The lowest BCUT2D eigenvalue weighted by molar-refractivity contribution is -0.125. The maximum atomic E-state index is 13.0. The number of nitrogens with one attached hydrogen (secondary N) is 2. The molecule has 0 atom stereocenters. The Morgan fingerprint density at radius 1 is 0.917 bits per heavy atom. The maximum absolute atomic E-state index is 13.0. The summed E-state index contributed by atoms with van der Waals surface area (Å²) < 4.78 is 0. The molecule has 0 heterocycles. The van der Waals surface area contributed by atoms with Gasteiger partial charge in [-0.1, -0.05) is 57.2 Å². The molecule has 3 aromatic rings. The normalized spacial score (nSPS) is 11.9. The molecule has 36 heavy (non-hydrogen) atoms. The Morgan fingerprint density at radius 2 is 1.64 bits per heavy atom. The van der Waals surface area contributed by atoms with Crippen LogP contribution in [0.1, 0.15) is 61.5 Å². The molecule has 188 valence electrons. The lowest BCUT2D eigenvalue weighted by Crippen LogP contribution is -2.26. The van der Waals surface area contributed by atoms with Crippen LogP contribution in [0.15, 0.2) is 59.7 Å². The average molecular weight is 488 g/mol. The third-order valence-electron chi connectivity index (χ3n) is 6.08. The van der Waals surface area contributed by atoms with Gasteiger partial charge in [0, 0.05) is 29.7 Å². The molecule has 0 radical (unpaired) electrons. The number of anilines is 1. The second kappa shape index (κ2) is 11.2. The molecule has 0 aromatic heterocycles. The third-order valence-corrected chi connectivity index (χ3v) is 6.08. The number of Topliss-reactive ketones (excluding diaryl/α,β-unsaturated/α-hetero) is 1. The summed E-state index contributed by atoms with van der Waals surface area (Å²) in [5.41, 5.74) is 5.28. The molecule has 2 amide bonds. The number of phenols is 1. The number of amides is 2. The first-order chi connectivity index (χ1) is 17.0. The number of rotatable bonds is 8. The van der Waals surface area contributed by atoms with E-state index in [0.29, 0.717) is 16.8 Å². The second-order valence-electron chi connectivity index (χ2n) is 10.00. The molecular formula is C29H33N3O4. The van der Waals surface area contributed by atoms with Crippen molar-refractivity contribution >= 4 is 39.8 Å². The number of hydrazone groups is 1. The number of aromatic hydroxyl groups is 1. The van der Waals surface area contributed by atoms with Crippen LogP contribution in [-0.2, 0) is 9.59 Å². The molecule has 0 aliphatic rings. The summed E-state index contributed by atoms with van der Waals surface area (Å²) in [6, 6.07) is 16.1. The van der Waals surface area contributed by atoms with Crippen molar-refractivity contribution in [2.75, 3.05) is 5.32 Å². The van der Waals surface area contributed by atoms with Gasteiger partial charge in [0.1, 0.15) is 11.5 Å². The van der Waals surface area contributed by atoms with Gasteiger partial charge in [-0.05, 0) is 60.4 Å². The highest BCUT2D eigenvalue weighted by molar-refractivity contribution is 6.10. The Balaban J connectivity index is 1.76. The molecule has 3 aromatic carbocycles. The van der Waals surface area contributed by atoms with Crippen LogP contribution in [0.5, 0.6) is 5.75 Å². The van der Waals surface area contributed by atoms with E-state index in [4.69, 9.17) is 0 Å². The quantitative estimate of drug-likeness (QED) is 0.281. The van der Waals surface area contributed by atoms with Gasteiger partial charge >= 0.3 is 0 Å². The number of ketones is 1. The van der Waals surface area contributed by atoms with E-state index >= 15 is 0 Å². The molecule has 0 saturated heterocycles. The summed E-state index contributed by atoms with van der Waals surface area (Å²) in [5.74, 6) is -1.03. The van der Waals surface area contributed by atoms with E-state index < -0.39 is 11.3 Å². The van der Waals surface area contributed by atoms with Crippen molar-refractivity contribution < 1.29 is 19.5 Å². The highest BCUT2D eigenvalue weighted by Gasteiger charge is 2.23. The van der Waals surface area contributed by atoms with Crippen LogP contribution >= 0.6 is 0 Å². The number of benzene rings is 3. The van der Waals surface area contributed by atoms with Crippen LogP contribution in [0, 0.1) is 19.3 Å². The van der Waals surface area contributed by atoms with Crippen LogP contribution in [0.3, 0.4) is 0 Å². The van der Waals surface area contributed by atoms with Gasteiger partial charge in [0.2, 0.25) is 5.91 Å². The molecule has 0 fully saturated rings. The van der Waals surface area contributed by atoms with Gasteiger partial charge < -0.3 is 10.4 Å². The minimum Gasteiger partial charge on any atom is -0.507 e. The number of hydrogen-bond acceptors (Lipinski definition) is 5. The summed E-state index contributed by atoms with van der Waals surface area (Å²) in [5, 5.41) is 18.8. The predicted octanol–water partition coefficient (Wildman–Crippen LogP) is 5.67. The Bertz CT molecular complexity index is 1340. The van der Waals surface area contributed by atoms with Gasteiger partial charge in [-0.2, -0.15) is 5.10 Å². The van der Waals surface area contributed by atoms with Crippen LogP contribution < -0.4 is 10.7 Å². The minimum atomic E-state index is -0.597. The first-order valence-electron chi connectivity index (χ1n) is 11.9. The second-order valence-corrected chi connectivity index (χ2v) is 10.00.